The Morgan fingerprint density at radius 1 is 0.538 bits per heavy atom. The molecule has 4 aliphatic heterocycles. The molecule has 0 saturated heterocycles. The highest BCUT2D eigenvalue weighted by Crippen LogP contribution is 2.49. The van der Waals surface area contributed by atoms with Gasteiger partial charge in [-0.2, -0.15) is 0 Å². The predicted molar refractivity (Wildman–Crippen MR) is 415 cm³/mol. The number of hydrogen-bond acceptors (Lipinski definition) is 21. The average Bonchev–Trinajstić information content (AvgIpc) is 1.60. The van der Waals surface area contributed by atoms with E-state index in [-0.39, 0.29) is 86.5 Å². The van der Waals surface area contributed by atoms with E-state index in [1.54, 1.807) is 80.3 Å². The third-order valence-electron chi connectivity index (χ3n) is 19.0. The highest BCUT2D eigenvalue weighted by atomic mass is 127. The Balaban J connectivity index is 1.05. The number of carbonyl (C=O) groups is 5. The van der Waals surface area contributed by atoms with Gasteiger partial charge in [-0.25, -0.2) is 24.1 Å². The van der Waals surface area contributed by atoms with Crippen LogP contribution in [0, 0.1) is 0 Å². The van der Waals surface area contributed by atoms with Crippen molar-refractivity contribution in [3.8, 4) is 34.3 Å². The molecular formula is C76H113IN8O19Si2. The molecule has 4 aliphatic rings. The molecule has 3 aromatic carbocycles. The van der Waals surface area contributed by atoms with Crippen molar-refractivity contribution in [3.63, 3.8) is 0 Å². The molecule has 1 aromatic heterocycles. The topological polar surface area (TPSA) is 270 Å². The summed E-state index contributed by atoms with van der Waals surface area (Å²) < 4.78 is 88.6. The summed E-state index contributed by atoms with van der Waals surface area (Å²) in [5.41, 5.74) is 3.42. The minimum Gasteiger partial charge on any atom is -0.493 e. The molecule has 4 aromatic rings. The zero-order valence-electron chi connectivity index (χ0n) is 65.8. The van der Waals surface area contributed by atoms with Crippen molar-refractivity contribution in [2.24, 2.45) is 0 Å². The summed E-state index contributed by atoms with van der Waals surface area (Å²) in [5, 5.41) is 11.3. The molecule has 27 nitrogen and oxygen atoms in total. The number of anilines is 2. The van der Waals surface area contributed by atoms with E-state index in [1.165, 1.54) is 24.0 Å². The van der Waals surface area contributed by atoms with E-state index >= 15 is 9.59 Å². The second-order valence-corrected chi connectivity index (χ2v) is 42.1. The number of carbonyl (C=O) groups excluding carboxylic acids is 5. The average molecular weight is 1630 g/mol. The second-order valence-electron chi connectivity index (χ2n) is 31.8. The minimum absolute atomic E-state index is 0.0149. The number of alkyl halides is 1. The lowest BCUT2D eigenvalue weighted by Crippen LogP contribution is -2.58. The van der Waals surface area contributed by atoms with Crippen LogP contribution in [0.1, 0.15) is 142 Å². The number of hydrogen-bond donors (Lipinski definition) is 1. The van der Waals surface area contributed by atoms with Crippen LogP contribution in [0.5, 0.6) is 23.0 Å². The fraction of sp³-hybridized carbons (Fsp3) is 0.618. The van der Waals surface area contributed by atoms with E-state index < -0.39 is 64.6 Å². The number of fused-ring (bicyclic) bond motifs is 4. The molecule has 0 aliphatic carbocycles. The monoisotopic (exact) mass is 1620 g/mol. The number of rotatable bonds is 35. The molecule has 5 heterocycles. The predicted octanol–water partition coefficient (Wildman–Crippen LogP) is 13.2. The van der Waals surface area contributed by atoms with Gasteiger partial charge in [-0.3, -0.25) is 14.4 Å². The number of halogens is 1. The van der Waals surface area contributed by atoms with Crippen LogP contribution in [0.2, 0.25) is 36.3 Å². The van der Waals surface area contributed by atoms with Gasteiger partial charge in [-0.05, 0) is 146 Å². The first kappa shape index (κ1) is 84.9. The molecule has 0 bridgehead atoms. The fourth-order valence-electron chi connectivity index (χ4n) is 11.7. The molecule has 8 rings (SSSR count). The van der Waals surface area contributed by atoms with Crippen molar-refractivity contribution in [1.82, 2.24) is 30.1 Å². The third-order valence-corrected chi connectivity index (χ3v) is 28.6. The summed E-state index contributed by atoms with van der Waals surface area (Å²) in [7, 11) is -2.39. The maximum absolute atomic E-state index is 15.0. The maximum Gasteiger partial charge on any atom is 0.417 e. The number of nitrogens with one attached hydrogen (secondary N) is 1. The van der Waals surface area contributed by atoms with Crippen LogP contribution in [0.15, 0.2) is 72.2 Å². The molecule has 0 radical (unpaired) electrons. The zero-order chi connectivity index (χ0) is 77.7. The summed E-state index contributed by atoms with van der Waals surface area (Å²) in [6, 6.07) is 11.1. The molecule has 4 atom stereocenters. The van der Waals surface area contributed by atoms with Gasteiger partial charge >= 0.3 is 12.2 Å². The Morgan fingerprint density at radius 3 is 1.29 bits per heavy atom. The number of benzene rings is 3. The quantitative estimate of drug-likeness (QED) is 0.0194. The van der Waals surface area contributed by atoms with Crippen molar-refractivity contribution < 1.29 is 89.7 Å². The van der Waals surface area contributed by atoms with Gasteiger partial charge in [-0.1, -0.05) is 80.5 Å². The molecule has 106 heavy (non-hydrogen) atoms. The highest BCUT2D eigenvalue weighted by molar-refractivity contribution is 14.1. The molecule has 0 saturated carbocycles. The largest absolute Gasteiger partial charge is 0.493 e. The van der Waals surface area contributed by atoms with Crippen LogP contribution < -0.4 is 34.1 Å². The van der Waals surface area contributed by atoms with E-state index in [0.29, 0.717) is 132 Å². The first-order chi connectivity index (χ1) is 49.8. The van der Waals surface area contributed by atoms with Gasteiger partial charge in [-0.15, -0.1) is 5.10 Å². The smallest absolute Gasteiger partial charge is 0.417 e. The summed E-state index contributed by atoms with van der Waals surface area (Å²) in [4.78, 5) is 77.6. The molecule has 1 N–H and O–H groups in total. The van der Waals surface area contributed by atoms with Crippen LogP contribution >= 0.6 is 22.6 Å². The van der Waals surface area contributed by atoms with Gasteiger partial charge in [0.15, 0.2) is 52.1 Å². The van der Waals surface area contributed by atoms with Crippen LogP contribution in [0.25, 0.3) is 11.3 Å². The standard InChI is InChI=1S/C76H113IN8O19Si2/c1-50-35-60-69(103-105(17,18)75(9,10)11)84(71(89)101-73(3,4)5)58-42-64(62(91-15)40-55(58)67(87)82(60)45-50)99-48-52-37-53(39-54(38-52)57-47-81(80-79-57)22-24-94-26-28-96-30-32-98-34-33-97-31-29-95-27-25-93-23-21-78-66(86)44-77)49-100-65-43-59-56(41-63(65)92-16)68(88)83-46-51(2)36-61(83)70(104-106(19,20)76(12,13)14)85(59)72(90)102-74(6,7)8/h37-43,45-47,60-61,69-70H,21-36,44,48-49H2,1-20H3,(H,78,86)/t60-,61-,69-,70-/m0/s1. The van der Waals surface area contributed by atoms with Crippen molar-refractivity contribution >= 4 is 80.5 Å². The number of amides is 5. The SMILES string of the molecule is COc1cc2c(cc1OCc1cc(COc3cc4c(cc3OC)C(=O)N3C=C(C)C[C@H]3[C@H](O[Si](C)(C)C(C)(C)C)N4C(=O)OC(C)(C)C)cc(-c3cn(CCOCCOCCOCCOCCOCCOCCNC(=O)CI)nn3)c1)N(C(=O)OC(C)(C)C)[C@@H](O[Si](C)(C)C(C)(C)C)[C@@H]1CC(C)=CN1C2=O. The molecule has 0 unspecified atom stereocenters. The van der Waals surface area contributed by atoms with Crippen LogP contribution in [-0.4, -0.2) is 212 Å². The van der Waals surface area contributed by atoms with E-state index in [4.69, 9.17) is 65.7 Å². The molecule has 30 heteroatoms. The van der Waals surface area contributed by atoms with E-state index in [9.17, 15) is 14.4 Å². The summed E-state index contributed by atoms with van der Waals surface area (Å²) >= 11 is 2.01. The van der Waals surface area contributed by atoms with Crippen molar-refractivity contribution in [2.45, 2.75) is 202 Å². The molecule has 5 amide bonds. The Labute approximate surface area is 641 Å². The summed E-state index contributed by atoms with van der Waals surface area (Å²) in [6.07, 6.45) is 3.11. The minimum atomic E-state index is -2.69. The van der Waals surface area contributed by atoms with E-state index in [1.807, 2.05) is 73.2 Å². The number of nitrogens with zero attached hydrogens (tertiary/aromatic N) is 7. The van der Waals surface area contributed by atoms with E-state index in [0.717, 1.165) is 11.1 Å². The van der Waals surface area contributed by atoms with Crippen molar-refractivity contribution in [1.29, 1.82) is 0 Å². The molecular weight excluding hydrogens is 1510 g/mol. The first-order valence-corrected chi connectivity index (χ1v) is 43.6. The van der Waals surface area contributed by atoms with Gasteiger partial charge in [0.2, 0.25) is 5.91 Å². The van der Waals surface area contributed by atoms with Gasteiger partial charge in [0.05, 0.1) is 145 Å². The Hall–Kier alpha value is -6.73. The first-order valence-electron chi connectivity index (χ1n) is 36.3. The summed E-state index contributed by atoms with van der Waals surface area (Å²) in [6.45, 7) is 41.5. The Bertz CT molecular complexity index is 3580. The van der Waals surface area contributed by atoms with Gasteiger partial charge in [0.25, 0.3) is 11.8 Å². The zero-order valence-corrected chi connectivity index (χ0v) is 69.9. The second kappa shape index (κ2) is 36.7. The van der Waals surface area contributed by atoms with Gasteiger partial charge < -0.3 is 80.8 Å². The van der Waals surface area contributed by atoms with Gasteiger partial charge in [0, 0.05) is 36.6 Å². The van der Waals surface area contributed by atoms with Gasteiger partial charge in [0.1, 0.15) is 30.1 Å². The highest BCUT2D eigenvalue weighted by Gasteiger charge is 2.53. The fourth-order valence-corrected chi connectivity index (χ4v) is 14.4. The Morgan fingerprint density at radius 2 is 0.925 bits per heavy atom. The molecule has 0 spiro atoms. The lowest BCUT2D eigenvalue weighted by Gasteiger charge is -2.44. The lowest BCUT2D eigenvalue weighted by atomic mass is 10.0. The van der Waals surface area contributed by atoms with E-state index in [2.05, 4.69) is 83.4 Å². The van der Waals surface area contributed by atoms with Crippen LogP contribution in [-0.2, 0) is 71.3 Å². The molecule has 0 fully saturated rings. The van der Waals surface area contributed by atoms with Crippen molar-refractivity contribution in [2.75, 3.05) is 114 Å². The number of aromatic nitrogens is 3. The summed E-state index contributed by atoms with van der Waals surface area (Å²) in [5.74, 6) is 0.230. The lowest BCUT2D eigenvalue weighted by molar-refractivity contribution is -0.118. The Kier molecular flexibility index (Phi) is 29.4. The number of methoxy groups -OCH3 is 2. The van der Waals surface area contributed by atoms with Crippen LogP contribution in [0.3, 0.4) is 0 Å². The van der Waals surface area contributed by atoms with Crippen molar-refractivity contribution in [3.05, 3.63) is 94.5 Å². The maximum atomic E-state index is 15.0. The normalized spacial score (nSPS) is 17.8. The number of ether oxygens (including phenoxy) is 12. The molecule has 586 valence electrons. The van der Waals surface area contributed by atoms with Crippen LogP contribution in [0.4, 0.5) is 21.0 Å². The third kappa shape index (κ3) is 22.5.